The molecule has 0 aromatic heterocycles. The first-order valence-electron chi connectivity index (χ1n) is 6.64. The van der Waals surface area contributed by atoms with Crippen molar-refractivity contribution in [2.45, 2.75) is 51.0 Å². The van der Waals surface area contributed by atoms with Crippen LogP contribution in [0.25, 0.3) is 0 Å². The van der Waals surface area contributed by atoms with Crippen LogP contribution in [0.5, 0.6) is 0 Å². The monoisotopic (exact) mass is 257 g/mol. The van der Waals surface area contributed by atoms with Crippen molar-refractivity contribution in [1.29, 1.82) is 0 Å². The van der Waals surface area contributed by atoms with Gasteiger partial charge >= 0.3 is 5.97 Å². The van der Waals surface area contributed by atoms with E-state index in [2.05, 4.69) is 5.32 Å². The normalized spacial score (nSPS) is 17.6. The molecular weight excluding hydrogens is 234 g/mol. The molecule has 0 bridgehead atoms. The maximum absolute atomic E-state index is 11.7. The van der Waals surface area contributed by atoms with Crippen molar-refractivity contribution in [3.63, 3.8) is 0 Å². The van der Waals surface area contributed by atoms with Crippen molar-refractivity contribution >= 4 is 11.9 Å². The van der Waals surface area contributed by atoms with Crippen LogP contribution in [0.2, 0.25) is 0 Å². The molecule has 1 rings (SSSR count). The maximum Gasteiger partial charge on any atom is 0.326 e. The van der Waals surface area contributed by atoms with Crippen molar-refractivity contribution in [2.75, 3.05) is 13.7 Å². The number of carboxylic acids is 1. The quantitative estimate of drug-likeness (QED) is 0.647. The second-order valence-corrected chi connectivity index (χ2v) is 4.95. The van der Waals surface area contributed by atoms with Gasteiger partial charge in [-0.05, 0) is 31.6 Å². The van der Waals surface area contributed by atoms with Crippen LogP contribution in [-0.2, 0) is 14.3 Å². The Kier molecular flexibility index (Phi) is 6.72. The fourth-order valence-electron chi connectivity index (χ4n) is 2.42. The first kappa shape index (κ1) is 15.0. The molecule has 1 atom stereocenters. The van der Waals surface area contributed by atoms with E-state index in [9.17, 15) is 9.59 Å². The zero-order chi connectivity index (χ0) is 13.4. The molecule has 0 aromatic carbocycles. The average Bonchev–Trinajstić information content (AvgIpc) is 2.80. The van der Waals surface area contributed by atoms with Crippen LogP contribution in [-0.4, -0.2) is 36.7 Å². The van der Waals surface area contributed by atoms with Gasteiger partial charge in [0, 0.05) is 20.1 Å². The molecule has 5 heteroatoms. The van der Waals surface area contributed by atoms with Crippen LogP contribution in [0.1, 0.15) is 44.9 Å². The van der Waals surface area contributed by atoms with E-state index in [1.807, 2.05) is 0 Å². The number of aliphatic carboxylic acids is 1. The van der Waals surface area contributed by atoms with Gasteiger partial charge in [0.25, 0.3) is 0 Å². The van der Waals surface area contributed by atoms with Gasteiger partial charge in [0.1, 0.15) is 6.04 Å². The molecule has 0 radical (unpaired) electrons. The second-order valence-electron chi connectivity index (χ2n) is 4.95. The molecule has 1 amide bonds. The van der Waals surface area contributed by atoms with Crippen LogP contribution >= 0.6 is 0 Å². The number of nitrogens with one attached hydrogen (secondary N) is 1. The highest BCUT2D eigenvalue weighted by atomic mass is 16.5. The summed E-state index contributed by atoms with van der Waals surface area (Å²) in [4.78, 5) is 22.8. The maximum atomic E-state index is 11.7. The van der Waals surface area contributed by atoms with E-state index >= 15 is 0 Å². The minimum Gasteiger partial charge on any atom is -0.480 e. The highest BCUT2D eigenvalue weighted by Crippen LogP contribution is 2.27. The zero-order valence-corrected chi connectivity index (χ0v) is 11.0. The van der Waals surface area contributed by atoms with Crippen molar-refractivity contribution in [2.24, 2.45) is 5.92 Å². The first-order chi connectivity index (χ1) is 8.63. The van der Waals surface area contributed by atoms with Crippen molar-refractivity contribution < 1.29 is 19.4 Å². The Morgan fingerprint density at radius 3 is 2.61 bits per heavy atom. The fraction of sp³-hybridized carbons (Fsp3) is 0.846. The van der Waals surface area contributed by atoms with Crippen molar-refractivity contribution in [3.8, 4) is 0 Å². The Bertz CT molecular complexity index is 274. The standard InChI is InChI=1S/C13H23NO4/c1-18-8-4-7-11(13(16)17)14-12(15)9-10-5-2-3-6-10/h10-11H,2-9H2,1H3,(H,14,15)(H,16,17). The second kappa shape index (κ2) is 8.08. The number of carboxylic acid groups (broad SMARTS) is 1. The number of methoxy groups -OCH3 is 1. The topological polar surface area (TPSA) is 75.6 Å². The molecule has 0 heterocycles. The molecule has 1 fully saturated rings. The third-order valence-corrected chi connectivity index (χ3v) is 3.42. The van der Waals surface area contributed by atoms with Gasteiger partial charge in [-0.25, -0.2) is 4.79 Å². The molecule has 1 unspecified atom stereocenters. The summed E-state index contributed by atoms with van der Waals surface area (Å²) < 4.78 is 4.88. The Morgan fingerprint density at radius 1 is 1.39 bits per heavy atom. The van der Waals surface area contributed by atoms with Crippen LogP contribution in [0.3, 0.4) is 0 Å². The molecule has 1 aliphatic rings. The summed E-state index contributed by atoms with van der Waals surface area (Å²) >= 11 is 0. The van der Waals surface area contributed by atoms with E-state index in [0.717, 1.165) is 12.8 Å². The van der Waals surface area contributed by atoms with Gasteiger partial charge in [0.05, 0.1) is 0 Å². The predicted octanol–water partition coefficient (Wildman–Crippen LogP) is 1.56. The van der Waals surface area contributed by atoms with Gasteiger partial charge in [0.2, 0.25) is 5.91 Å². The third kappa shape index (κ3) is 5.49. The highest BCUT2D eigenvalue weighted by molar-refractivity contribution is 5.83. The first-order valence-corrected chi connectivity index (χ1v) is 6.64. The lowest BCUT2D eigenvalue weighted by molar-refractivity contribution is -0.142. The van der Waals surface area contributed by atoms with Gasteiger partial charge in [-0.15, -0.1) is 0 Å². The zero-order valence-electron chi connectivity index (χ0n) is 11.0. The molecule has 104 valence electrons. The van der Waals surface area contributed by atoms with Crippen molar-refractivity contribution in [1.82, 2.24) is 5.32 Å². The summed E-state index contributed by atoms with van der Waals surface area (Å²) in [6.07, 6.45) is 6.08. The average molecular weight is 257 g/mol. The molecule has 0 aromatic rings. The molecule has 18 heavy (non-hydrogen) atoms. The predicted molar refractivity (Wildman–Crippen MR) is 67.3 cm³/mol. The van der Waals surface area contributed by atoms with E-state index < -0.39 is 12.0 Å². The number of hydrogen-bond acceptors (Lipinski definition) is 3. The Balaban J connectivity index is 2.29. The number of amides is 1. The molecule has 1 aliphatic carbocycles. The summed E-state index contributed by atoms with van der Waals surface area (Å²) in [5, 5.41) is 11.6. The highest BCUT2D eigenvalue weighted by Gasteiger charge is 2.23. The van der Waals surface area contributed by atoms with E-state index in [0.29, 0.717) is 31.8 Å². The number of carbonyl (C=O) groups excluding carboxylic acids is 1. The number of ether oxygens (including phenoxy) is 1. The molecule has 0 spiro atoms. The van der Waals surface area contributed by atoms with Gasteiger partial charge in [-0.3, -0.25) is 4.79 Å². The molecule has 2 N–H and O–H groups in total. The van der Waals surface area contributed by atoms with Crippen LogP contribution in [0.4, 0.5) is 0 Å². The van der Waals surface area contributed by atoms with E-state index in [1.54, 1.807) is 7.11 Å². The largest absolute Gasteiger partial charge is 0.480 e. The smallest absolute Gasteiger partial charge is 0.326 e. The third-order valence-electron chi connectivity index (χ3n) is 3.42. The van der Waals surface area contributed by atoms with Gasteiger partial charge in [-0.1, -0.05) is 12.8 Å². The van der Waals surface area contributed by atoms with Gasteiger partial charge in [0.15, 0.2) is 0 Å². The van der Waals surface area contributed by atoms with Gasteiger partial charge < -0.3 is 15.2 Å². The van der Waals surface area contributed by atoms with E-state index in [1.165, 1.54) is 12.8 Å². The molecule has 5 nitrogen and oxygen atoms in total. The van der Waals surface area contributed by atoms with Crippen LogP contribution < -0.4 is 5.32 Å². The molecule has 0 aliphatic heterocycles. The number of carbonyl (C=O) groups is 2. The van der Waals surface area contributed by atoms with Crippen molar-refractivity contribution in [3.05, 3.63) is 0 Å². The summed E-state index contributed by atoms with van der Waals surface area (Å²) in [5.41, 5.74) is 0. The Hall–Kier alpha value is -1.10. The Labute approximate surface area is 108 Å². The Morgan fingerprint density at radius 2 is 2.06 bits per heavy atom. The molecular formula is C13H23NO4. The summed E-state index contributed by atoms with van der Waals surface area (Å²) in [5.74, 6) is -0.656. The lowest BCUT2D eigenvalue weighted by atomic mass is 10.0. The lowest BCUT2D eigenvalue weighted by Crippen LogP contribution is -2.41. The minimum atomic E-state index is -0.967. The number of hydrogen-bond donors (Lipinski definition) is 2. The fourth-order valence-corrected chi connectivity index (χ4v) is 2.42. The summed E-state index contributed by atoms with van der Waals surface area (Å²) in [7, 11) is 1.58. The SMILES string of the molecule is COCCCC(NC(=O)CC1CCCC1)C(=O)O. The van der Waals surface area contributed by atoms with Gasteiger partial charge in [-0.2, -0.15) is 0 Å². The van der Waals surface area contributed by atoms with Crippen LogP contribution in [0, 0.1) is 5.92 Å². The molecule has 1 saturated carbocycles. The summed E-state index contributed by atoms with van der Waals surface area (Å²) in [6.45, 7) is 0.516. The van der Waals surface area contributed by atoms with E-state index in [-0.39, 0.29) is 5.91 Å². The van der Waals surface area contributed by atoms with Crippen LogP contribution in [0.15, 0.2) is 0 Å². The van der Waals surface area contributed by atoms with E-state index in [4.69, 9.17) is 9.84 Å². The lowest BCUT2D eigenvalue weighted by Gasteiger charge is -2.16. The number of rotatable bonds is 8. The summed E-state index contributed by atoms with van der Waals surface area (Å²) in [6, 6.07) is -0.783. The molecule has 0 saturated heterocycles. The minimum absolute atomic E-state index is 0.133.